The second kappa shape index (κ2) is 8.43. The Bertz CT molecular complexity index is 837. The lowest BCUT2D eigenvalue weighted by molar-refractivity contribution is -0.138. The standard InChI is InChI=1S/C18H18F3N5O/c1-3-8-26(11-16(22)27)17-13(10-23-2)14(18(19,20)21)9-15(25-17)12-4-6-24-7-5-12/h3-7,9H,1-2,8,10-11H2,(H2,22,27). The Morgan fingerprint density at radius 1 is 1.33 bits per heavy atom. The van der Waals surface area contributed by atoms with Gasteiger partial charge in [-0.3, -0.25) is 14.8 Å². The van der Waals surface area contributed by atoms with Crippen LogP contribution in [0.1, 0.15) is 11.1 Å². The number of primary amides is 1. The van der Waals surface area contributed by atoms with Crippen molar-refractivity contribution in [2.24, 2.45) is 10.7 Å². The molecule has 0 unspecified atom stereocenters. The molecule has 6 nitrogen and oxygen atoms in total. The number of nitrogens with two attached hydrogens (primary N) is 1. The summed E-state index contributed by atoms with van der Waals surface area (Å²) >= 11 is 0. The van der Waals surface area contributed by atoms with Gasteiger partial charge in [-0.1, -0.05) is 6.08 Å². The number of carbonyl (C=O) groups is 1. The summed E-state index contributed by atoms with van der Waals surface area (Å²) in [5.74, 6) is -0.748. The normalized spacial score (nSPS) is 11.1. The number of pyridine rings is 2. The van der Waals surface area contributed by atoms with Crippen LogP contribution in [-0.4, -0.2) is 35.7 Å². The smallest absolute Gasteiger partial charge is 0.368 e. The monoisotopic (exact) mass is 377 g/mol. The molecule has 27 heavy (non-hydrogen) atoms. The lowest BCUT2D eigenvalue weighted by Gasteiger charge is -2.26. The van der Waals surface area contributed by atoms with Crippen molar-refractivity contribution >= 4 is 18.4 Å². The van der Waals surface area contributed by atoms with Crippen molar-refractivity contribution in [3.05, 3.63) is 54.4 Å². The van der Waals surface area contributed by atoms with Gasteiger partial charge in [-0.2, -0.15) is 13.2 Å². The SMILES string of the molecule is C=CCN(CC(N)=O)c1nc(-c2ccncc2)cc(C(F)(F)F)c1CN=C. The van der Waals surface area contributed by atoms with Gasteiger partial charge in [0, 0.05) is 30.1 Å². The Balaban J connectivity index is 2.78. The summed E-state index contributed by atoms with van der Waals surface area (Å²) in [6.45, 7) is 6.30. The molecule has 0 bridgehead atoms. The first-order valence-corrected chi connectivity index (χ1v) is 7.86. The maximum atomic E-state index is 13.7. The van der Waals surface area contributed by atoms with Crippen LogP contribution in [0.25, 0.3) is 11.3 Å². The van der Waals surface area contributed by atoms with Crippen LogP contribution in [0.4, 0.5) is 19.0 Å². The molecule has 0 atom stereocenters. The molecule has 2 rings (SSSR count). The summed E-state index contributed by atoms with van der Waals surface area (Å²) in [5, 5.41) is 0. The summed E-state index contributed by atoms with van der Waals surface area (Å²) in [7, 11) is 0. The topological polar surface area (TPSA) is 84.5 Å². The summed E-state index contributed by atoms with van der Waals surface area (Å²) in [5.41, 5.74) is 4.71. The van der Waals surface area contributed by atoms with Gasteiger partial charge in [-0.25, -0.2) is 4.98 Å². The van der Waals surface area contributed by atoms with E-state index in [4.69, 9.17) is 5.73 Å². The first-order valence-electron chi connectivity index (χ1n) is 7.86. The van der Waals surface area contributed by atoms with E-state index in [0.29, 0.717) is 5.56 Å². The van der Waals surface area contributed by atoms with Gasteiger partial charge < -0.3 is 10.6 Å². The third-order valence-corrected chi connectivity index (χ3v) is 3.65. The Morgan fingerprint density at radius 3 is 2.52 bits per heavy atom. The Hall–Kier alpha value is -3.23. The molecular weight excluding hydrogens is 359 g/mol. The zero-order valence-corrected chi connectivity index (χ0v) is 14.4. The molecule has 2 N–H and O–H groups in total. The molecule has 0 aliphatic heterocycles. The molecule has 0 aliphatic carbocycles. The molecule has 1 amide bonds. The largest absolute Gasteiger partial charge is 0.416 e. The van der Waals surface area contributed by atoms with Crippen LogP contribution in [-0.2, 0) is 17.5 Å². The molecule has 0 spiro atoms. The third-order valence-electron chi connectivity index (χ3n) is 3.65. The van der Waals surface area contributed by atoms with Crippen LogP contribution >= 0.6 is 0 Å². The number of hydrogen-bond donors (Lipinski definition) is 1. The number of aliphatic imine (C=N–C) groups is 1. The van der Waals surface area contributed by atoms with Gasteiger partial charge >= 0.3 is 6.18 Å². The molecule has 0 saturated heterocycles. The predicted octanol–water partition coefficient (Wildman–Crippen LogP) is 2.84. The van der Waals surface area contributed by atoms with Gasteiger partial charge in [-0.15, -0.1) is 6.58 Å². The van der Waals surface area contributed by atoms with E-state index < -0.39 is 17.6 Å². The maximum Gasteiger partial charge on any atom is 0.416 e. The Morgan fingerprint density at radius 2 is 2.00 bits per heavy atom. The number of amides is 1. The second-order valence-corrected chi connectivity index (χ2v) is 5.61. The average molecular weight is 377 g/mol. The molecule has 142 valence electrons. The van der Waals surface area contributed by atoms with Gasteiger partial charge in [0.25, 0.3) is 0 Å². The molecule has 2 heterocycles. The highest BCUT2D eigenvalue weighted by molar-refractivity contribution is 5.80. The van der Waals surface area contributed by atoms with Gasteiger partial charge in [0.2, 0.25) is 5.91 Å². The van der Waals surface area contributed by atoms with Crippen LogP contribution in [0.3, 0.4) is 0 Å². The number of alkyl halides is 3. The molecule has 0 radical (unpaired) electrons. The van der Waals surface area contributed by atoms with Gasteiger partial charge in [0.1, 0.15) is 5.82 Å². The van der Waals surface area contributed by atoms with Crippen LogP contribution in [0.5, 0.6) is 0 Å². The van der Waals surface area contributed by atoms with E-state index >= 15 is 0 Å². The van der Waals surface area contributed by atoms with E-state index in [0.717, 1.165) is 6.07 Å². The van der Waals surface area contributed by atoms with Gasteiger partial charge in [-0.05, 0) is 24.9 Å². The molecule has 0 fully saturated rings. The zero-order valence-electron chi connectivity index (χ0n) is 14.4. The number of halogens is 3. The lowest BCUT2D eigenvalue weighted by atomic mass is 10.0. The minimum atomic E-state index is -4.65. The maximum absolute atomic E-state index is 13.7. The third kappa shape index (κ3) is 4.90. The molecular formula is C18H18F3N5O. The van der Waals surface area contributed by atoms with Gasteiger partial charge in [0.05, 0.1) is 24.3 Å². The molecule has 2 aromatic rings. The Kier molecular flexibility index (Phi) is 6.27. The van der Waals surface area contributed by atoms with Crippen LogP contribution in [0.2, 0.25) is 0 Å². The fraction of sp³-hybridized carbons (Fsp3) is 0.222. The van der Waals surface area contributed by atoms with Gasteiger partial charge in [0.15, 0.2) is 0 Å². The van der Waals surface area contributed by atoms with E-state index in [1.807, 2.05) is 0 Å². The molecule has 2 aromatic heterocycles. The predicted molar refractivity (Wildman–Crippen MR) is 97.3 cm³/mol. The number of carbonyl (C=O) groups excluding carboxylic acids is 1. The summed E-state index contributed by atoms with van der Waals surface area (Å²) in [6, 6.07) is 4.04. The van der Waals surface area contributed by atoms with Crippen LogP contribution < -0.4 is 10.6 Å². The summed E-state index contributed by atoms with van der Waals surface area (Å²) in [4.78, 5) is 24.6. The van der Waals surface area contributed by atoms with Crippen LogP contribution in [0.15, 0.2) is 48.2 Å². The van der Waals surface area contributed by atoms with Crippen molar-refractivity contribution in [2.75, 3.05) is 18.0 Å². The van der Waals surface area contributed by atoms with Crippen LogP contribution in [0, 0.1) is 0 Å². The van der Waals surface area contributed by atoms with Crippen molar-refractivity contribution in [2.45, 2.75) is 12.7 Å². The lowest BCUT2D eigenvalue weighted by Crippen LogP contribution is -2.35. The first kappa shape index (κ1) is 20.1. The van der Waals surface area contributed by atoms with Crippen molar-refractivity contribution in [1.82, 2.24) is 9.97 Å². The second-order valence-electron chi connectivity index (χ2n) is 5.61. The number of rotatable bonds is 8. The average Bonchev–Trinajstić information content (AvgIpc) is 2.61. The van der Waals surface area contributed by atoms with Crippen molar-refractivity contribution in [1.29, 1.82) is 0 Å². The molecule has 9 heteroatoms. The van der Waals surface area contributed by atoms with E-state index in [2.05, 4.69) is 28.3 Å². The fourth-order valence-corrected chi connectivity index (χ4v) is 2.58. The van der Waals surface area contributed by atoms with Crippen molar-refractivity contribution in [3.63, 3.8) is 0 Å². The number of hydrogen-bond acceptors (Lipinski definition) is 5. The van der Waals surface area contributed by atoms with Crippen molar-refractivity contribution in [3.8, 4) is 11.3 Å². The quantitative estimate of drug-likeness (QED) is 0.566. The Labute approximate surface area is 154 Å². The molecule has 0 aromatic carbocycles. The molecule has 0 aliphatic rings. The van der Waals surface area contributed by atoms with E-state index in [1.54, 1.807) is 12.1 Å². The highest BCUT2D eigenvalue weighted by Gasteiger charge is 2.36. The summed E-state index contributed by atoms with van der Waals surface area (Å²) in [6.07, 6.45) is -0.295. The minimum Gasteiger partial charge on any atom is -0.368 e. The molecule has 0 saturated carbocycles. The summed E-state index contributed by atoms with van der Waals surface area (Å²) < 4.78 is 41.2. The highest BCUT2D eigenvalue weighted by Crippen LogP contribution is 2.38. The fourth-order valence-electron chi connectivity index (χ4n) is 2.58. The minimum absolute atomic E-state index is 0.0391. The number of anilines is 1. The van der Waals surface area contributed by atoms with Crippen molar-refractivity contribution < 1.29 is 18.0 Å². The van der Waals surface area contributed by atoms with E-state index in [-0.39, 0.29) is 36.7 Å². The van der Waals surface area contributed by atoms with E-state index in [9.17, 15) is 18.0 Å². The number of nitrogens with zero attached hydrogens (tertiary/aromatic N) is 4. The highest BCUT2D eigenvalue weighted by atomic mass is 19.4. The van der Waals surface area contributed by atoms with E-state index in [1.165, 1.54) is 23.4 Å². The first-order chi connectivity index (χ1) is 12.8. The zero-order chi connectivity index (χ0) is 20.0. The number of aromatic nitrogens is 2.